The van der Waals surface area contributed by atoms with E-state index in [9.17, 15) is 19.5 Å². The van der Waals surface area contributed by atoms with Crippen LogP contribution in [0.15, 0.2) is 124 Å². The summed E-state index contributed by atoms with van der Waals surface area (Å²) in [5.41, 5.74) is 2.64. The molecule has 0 spiro atoms. The normalized spacial score (nSPS) is 12.2. The number of carbonyl (C=O) groups is 3. The van der Waals surface area contributed by atoms with Crippen molar-refractivity contribution >= 4 is 17.9 Å². The Morgan fingerprint density at radius 2 is 0.775 bits per heavy atom. The maximum Gasteiger partial charge on any atom is 0.343 e. The van der Waals surface area contributed by atoms with Crippen molar-refractivity contribution < 1.29 is 47.3 Å². The molecule has 7 rings (SSSR count). The molecule has 0 fully saturated rings. The van der Waals surface area contributed by atoms with Crippen molar-refractivity contribution in [2.24, 2.45) is 23.7 Å². The number of rotatable bonds is 25. The van der Waals surface area contributed by atoms with Crippen molar-refractivity contribution in [2.45, 2.75) is 92.9 Å². The molecule has 370 valence electrons. The van der Waals surface area contributed by atoms with Gasteiger partial charge in [0, 0.05) is 28.3 Å². The molecule has 0 saturated heterocycles. The zero-order chi connectivity index (χ0) is 50.3. The average molecular weight is 963 g/mol. The molecule has 0 unspecified atom stereocenters. The molecule has 0 radical (unpaired) electrons. The lowest BCUT2D eigenvalue weighted by Gasteiger charge is -2.13. The third kappa shape index (κ3) is 15.2. The predicted molar refractivity (Wildman–Crippen MR) is 270 cm³/mol. The van der Waals surface area contributed by atoms with Crippen LogP contribution in [0.25, 0.3) is 45.8 Å². The number of aromatic nitrogens is 4. The predicted octanol–water partition coefficient (Wildman–Crippen LogP) is 13.7. The zero-order valence-corrected chi connectivity index (χ0v) is 41.3. The van der Waals surface area contributed by atoms with Crippen LogP contribution in [-0.2, 0) is 0 Å². The van der Waals surface area contributed by atoms with Crippen LogP contribution >= 0.6 is 0 Å². The second-order valence-electron chi connectivity index (χ2n) is 18.9. The van der Waals surface area contributed by atoms with Gasteiger partial charge in [-0.25, -0.2) is 14.4 Å². The van der Waals surface area contributed by atoms with Crippen LogP contribution < -0.4 is 18.9 Å². The van der Waals surface area contributed by atoms with Crippen LogP contribution in [0.3, 0.4) is 0 Å². The molecule has 2 heterocycles. The monoisotopic (exact) mass is 962 g/mol. The maximum atomic E-state index is 13.3. The topological polar surface area (TPSA) is 186 Å². The Morgan fingerprint density at radius 3 is 1.10 bits per heavy atom. The Balaban J connectivity index is 0.900. The summed E-state index contributed by atoms with van der Waals surface area (Å²) in [4.78, 5) is 38.5. The number of carboxylic acids is 1. The highest BCUT2D eigenvalue weighted by molar-refractivity contribution is 5.94. The van der Waals surface area contributed by atoms with Gasteiger partial charge in [-0.15, -0.1) is 20.4 Å². The molecule has 0 aliphatic heterocycles. The summed E-state index contributed by atoms with van der Waals surface area (Å²) in [6.45, 7) is 14.9. The van der Waals surface area contributed by atoms with Crippen molar-refractivity contribution in [1.82, 2.24) is 20.4 Å². The molecule has 5 aromatic carbocycles. The van der Waals surface area contributed by atoms with Gasteiger partial charge >= 0.3 is 17.9 Å². The van der Waals surface area contributed by atoms with E-state index in [2.05, 4.69) is 61.9 Å². The minimum Gasteiger partial charge on any atom is -0.494 e. The molecule has 1 N–H and O–H groups in total. The summed E-state index contributed by atoms with van der Waals surface area (Å²) >= 11 is 0. The number of carbonyl (C=O) groups excluding carboxylic acids is 2. The number of benzene rings is 5. The third-order valence-electron chi connectivity index (χ3n) is 12.1. The average Bonchev–Trinajstić information content (AvgIpc) is 4.06. The highest BCUT2D eigenvalue weighted by atomic mass is 16.5. The highest BCUT2D eigenvalue weighted by Gasteiger charge is 2.19. The van der Waals surface area contributed by atoms with Crippen LogP contribution in [0, 0.1) is 23.7 Å². The van der Waals surface area contributed by atoms with Crippen LogP contribution in [-0.4, -0.2) is 56.6 Å². The summed E-state index contributed by atoms with van der Waals surface area (Å²) in [5.74, 6) is 2.19. The van der Waals surface area contributed by atoms with Gasteiger partial charge in [0.05, 0.1) is 29.9 Å². The molecule has 2 aromatic heterocycles. The molecular weight excluding hydrogens is 901 g/mol. The van der Waals surface area contributed by atoms with E-state index in [-0.39, 0.29) is 40.0 Å². The molecule has 14 nitrogen and oxygen atoms in total. The van der Waals surface area contributed by atoms with Crippen molar-refractivity contribution in [1.29, 1.82) is 0 Å². The lowest BCUT2D eigenvalue weighted by atomic mass is 9.98. The molecule has 14 heteroatoms. The molecule has 0 bridgehead atoms. The molecule has 71 heavy (non-hydrogen) atoms. The highest BCUT2D eigenvalue weighted by Crippen LogP contribution is 2.30. The molecular formula is C57H62N4O10. The number of carboxylic acid groups (broad SMARTS) is 1. The number of nitrogens with zero attached hydrogens (tertiary/aromatic N) is 4. The quantitative estimate of drug-likeness (QED) is 0.0421. The Morgan fingerprint density at radius 1 is 0.437 bits per heavy atom. The molecule has 0 aliphatic rings. The number of aromatic carboxylic acids is 1. The minimum absolute atomic E-state index is 0.145. The SMILES string of the molecule is CC(C)CCC[C@H](C)CCOc1ccc(-c2nnc(-c3ccc(C(=O)Oc4cc(OC(=O)c5ccc(-c6nnc(-c7ccc(OCC[C@@H](C)CCCC(C)C)cc7)o6)cc5)cc(C(=O)O)c4)cc3)o2)cc1. The summed E-state index contributed by atoms with van der Waals surface area (Å²) < 4.78 is 35.0. The van der Waals surface area contributed by atoms with E-state index in [0.717, 1.165) is 59.4 Å². The smallest absolute Gasteiger partial charge is 0.343 e. The first-order chi connectivity index (χ1) is 34.3. The van der Waals surface area contributed by atoms with Crippen molar-refractivity contribution in [2.75, 3.05) is 13.2 Å². The van der Waals surface area contributed by atoms with Gasteiger partial charge in [-0.2, -0.15) is 0 Å². The summed E-state index contributed by atoms with van der Waals surface area (Å²) in [7, 11) is 0. The fourth-order valence-corrected chi connectivity index (χ4v) is 7.74. The largest absolute Gasteiger partial charge is 0.494 e. The third-order valence-corrected chi connectivity index (χ3v) is 12.1. The summed E-state index contributed by atoms with van der Waals surface area (Å²) in [5, 5.41) is 26.6. The van der Waals surface area contributed by atoms with E-state index >= 15 is 0 Å². The number of hydrogen-bond donors (Lipinski definition) is 1. The zero-order valence-electron chi connectivity index (χ0n) is 41.3. The fraction of sp³-hybridized carbons (Fsp3) is 0.351. The minimum atomic E-state index is -1.32. The van der Waals surface area contributed by atoms with E-state index in [1.54, 1.807) is 24.3 Å². The Kier molecular flexibility index (Phi) is 17.9. The van der Waals surface area contributed by atoms with Crippen molar-refractivity contribution in [3.63, 3.8) is 0 Å². The van der Waals surface area contributed by atoms with Gasteiger partial charge in [-0.1, -0.05) is 80.1 Å². The van der Waals surface area contributed by atoms with E-state index in [1.165, 1.54) is 68.9 Å². The van der Waals surface area contributed by atoms with Gasteiger partial charge in [0.15, 0.2) is 0 Å². The molecule has 0 saturated carbocycles. The van der Waals surface area contributed by atoms with Gasteiger partial charge in [-0.05, 0) is 146 Å². The number of esters is 2. The van der Waals surface area contributed by atoms with Gasteiger partial charge in [0.1, 0.15) is 23.0 Å². The van der Waals surface area contributed by atoms with Gasteiger partial charge < -0.3 is 32.9 Å². The van der Waals surface area contributed by atoms with Gasteiger partial charge in [0.2, 0.25) is 23.6 Å². The number of ether oxygens (including phenoxy) is 4. The summed E-state index contributed by atoms with van der Waals surface area (Å²) in [6, 6.07) is 31.1. The van der Waals surface area contributed by atoms with Crippen molar-refractivity contribution in [3.8, 4) is 68.8 Å². The lowest BCUT2D eigenvalue weighted by Crippen LogP contribution is -2.11. The molecule has 0 amide bonds. The van der Waals surface area contributed by atoms with E-state index < -0.39 is 17.9 Å². The van der Waals surface area contributed by atoms with Crippen LogP contribution in [0.4, 0.5) is 0 Å². The Labute approximate surface area is 414 Å². The van der Waals surface area contributed by atoms with E-state index in [0.29, 0.717) is 48.0 Å². The fourth-order valence-electron chi connectivity index (χ4n) is 7.74. The van der Waals surface area contributed by atoms with E-state index in [1.807, 2.05) is 48.5 Å². The second-order valence-corrected chi connectivity index (χ2v) is 18.9. The molecule has 7 aromatic rings. The maximum absolute atomic E-state index is 13.3. The first kappa shape index (κ1) is 51.2. The Hall–Kier alpha value is -7.61. The first-order valence-corrected chi connectivity index (χ1v) is 24.4. The van der Waals surface area contributed by atoms with Crippen LogP contribution in [0.2, 0.25) is 0 Å². The van der Waals surface area contributed by atoms with Crippen molar-refractivity contribution in [3.05, 3.63) is 132 Å². The van der Waals surface area contributed by atoms with Crippen LogP contribution in [0.5, 0.6) is 23.0 Å². The Bertz CT molecular complexity index is 2630. The second kappa shape index (κ2) is 24.8. The first-order valence-electron chi connectivity index (χ1n) is 24.4. The van der Waals surface area contributed by atoms with Gasteiger partial charge in [0.25, 0.3) is 0 Å². The van der Waals surface area contributed by atoms with Crippen LogP contribution in [0.1, 0.15) is 124 Å². The van der Waals surface area contributed by atoms with E-state index in [4.69, 9.17) is 27.8 Å². The van der Waals surface area contributed by atoms with Gasteiger partial charge in [-0.3, -0.25) is 0 Å². The standard InChI is InChI=1S/C57H62N4O10/c1-36(2)9-7-11-38(5)29-31-66-47-25-21-42(22-26-47)53-60-58-51(70-53)40-13-17-44(18-14-40)56(64)68-49-33-46(55(62)63)34-50(35-49)69-57(65)45-19-15-41(16-20-45)52-59-61-54(71-52)43-23-27-48(28-24-43)67-32-30-39(6)12-8-10-37(3)4/h13-28,33-39H,7-12,29-32H2,1-6H3,(H,62,63)/t38-,39-/m0/s1. The number of hydrogen-bond acceptors (Lipinski definition) is 13. The molecule has 0 aliphatic carbocycles. The lowest BCUT2D eigenvalue weighted by molar-refractivity contribution is 0.0680. The molecule has 2 atom stereocenters. The summed E-state index contributed by atoms with van der Waals surface area (Å²) in [6.07, 6.45) is 9.38.